The lowest BCUT2D eigenvalue weighted by Gasteiger charge is -2.26. The fraction of sp³-hybridized carbons (Fsp3) is 0.500. The predicted molar refractivity (Wildman–Crippen MR) is 99.6 cm³/mol. The summed E-state index contributed by atoms with van der Waals surface area (Å²) in [5, 5.41) is 0. The predicted octanol–water partition coefficient (Wildman–Crippen LogP) is 2.65. The molecule has 5 heteroatoms. The van der Waals surface area contributed by atoms with Crippen molar-refractivity contribution in [2.75, 3.05) is 37.7 Å². The molecule has 0 aliphatic carbocycles. The molecule has 0 spiro atoms. The Bertz CT molecular complexity index is 591. The van der Waals surface area contributed by atoms with E-state index < -0.39 is 0 Å². The first-order valence-electron chi connectivity index (χ1n) is 9.03. The molecular weight excluding hydrogens is 316 g/mol. The SMILES string of the molecule is C=CC(=O)[C@H]1CC(=O)N(c2ccc(CN3CCOCC3)cc2)C1.CC. The Balaban J connectivity index is 0.00000109. The molecule has 0 N–H and O–H groups in total. The van der Waals surface area contributed by atoms with Gasteiger partial charge in [-0.15, -0.1) is 0 Å². The van der Waals surface area contributed by atoms with Crippen LogP contribution in [0.15, 0.2) is 36.9 Å². The van der Waals surface area contributed by atoms with Gasteiger partial charge in [0.25, 0.3) is 0 Å². The van der Waals surface area contributed by atoms with Crippen molar-refractivity contribution < 1.29 is 14.3 Å². The normalized spacial score (nSPS) is 20.8. The lowest BCUT2D eigenvalue weighted by molar-refractivity contribution is -0.121. The molecule has 2 fully saturated rings. The molecule has 1 atom stereocenters. The number of anilines is 1. The Labute approximate surface area is 150 Å². The van der Waals surface area contributed by atoms with Crippen molar-refractivity contribution >= 4 is 17.4 Å². The molecule has 0 unspecified atom stereocenters. The summed E-state index contributed by atoms with van der Waals surface area (Å²) in [5.74, 6) is -0.302. The molecule has 136 valence electrons. The number of morpholine rings is 1. The fourth-order valence-electron chi connectivity index (χ4n) is 3.11. The number of ether oxygens (including phenoxy) is 1. The van der Waals surface area contributed by atoms with Gasteiger partial charge in [-0.3, -0.25) is 14.5 Å². The minimum Gasteiger partial charge on any atom is -0.379 e. The third-order valence-corrected chi connectivity index (χ3v) is 4.49. The first-order chi connectivity index (χ1) is 12.2. The van der Waals surface area contributed by atoms with Gasteiger partial charge < -0.3 is 9.64 Å². The van der Waals surface area contributed by atoms with Gasteiger partial charge in [-0.1, -0.05) is 32.6 Å². The molecule has 5 nitrogen and oxygen atoms in total. The maximum atomic E-state index is 12.1. The summed E-state index contributed by atoms with van der Waals surface area (Å²) in [4.78, 5) is 27.9. The highest BCUT2D eigenvalue weighted by Gasteiger charge is 2.33. The highest BCUT2D eigenvalue weighted by Crippen LogP contribution is 2.26. The van der Waals surface area contributed by atoms with Gasteiger partial charge in [-0.25, -0.2) is 0 Å². The number of amides is 1. The molecule has 1 amide bonds. The highest BCUT2D eigenvalue weighted by molar-refractivity contribution is 6.03. The largest absolute Gasteiger partial charge is 0.379 e. The molecule has 0 aromatic heterocycles. The Morgan fingerprint density at radius 1 is 1.24 bits per heavy atom. The molecule has 3 rings (SSSR count). The van der Waals surface area contributed by atoms with Crippen molar-refractivity contribution in [1.82, 2.24) is 4.90 Å². The summed E-state index contributed by atoms with van der Waals surface area (Å²) in [7, 11) is 0. The summed E-state index contributed by atoms with van der Waals surface area (Å²) in [6.07, 6.45) is 1.59. The second-order valence-corrected chi connectivity index (χ2v) is 6.07. The van der Waals surface area contributed by atoms with Crippen LogP contribution in [-0.4, -0.2) is 49.4 Å². The molecule has 2 heterocycles. The number of nitrogens with zero attached hydrogens (tertiary/aromatic N) is 2. The van der Waals surface area contributed by atoms with E-state index in [2.05, 4.69) is 23.6 Å². The van der Waals surface area contributed by atoms with Gasteiger partial charge in [0.05, 0.1) is 13.2 Å². The lowest BCUT2D eigenvalue weighted by Crippen LogP contribution is -2.35. The van der Waals surface area contributed by atoms with Crippen molar-refractivity contribution in [3.05, 3.63) is 42.5 Å². The topological polar surface area (TPSA) is 49.9 Å². The highest BCUT2D eigenvalue weighted by atomic mass is 16.5. The molecular formula is C20H28N2O3. The second kappa shape index (κ2) is 9.49. The van der Waals surface area contributed by atoms with E-state index in [1.165, 1.54) is 11.6 Å². The first-order valence-corrected chi connectivity index (χ1v) is 9.03. The molecule has 2 saturated heterocycles. The van der Waals surface area contributed by atoms with E-state index in [1.807, 2.05) is 26.0 Å². The summed E-state index contributed by atoms with van der Waals surface area (Å²) in [6, 6.07) is 8.05. The summed E-state index contributed by atoms with van der Waals surface area (Å²) < 4.78 is 5.35. The zero-order chi connectivity index (χ0) is 18.2. The molecule has 0 bridgehead atoms. The van der Waals surface area contributed by atoms with Crippen LogP contribution in [0.5, 0.6) is 0 Å². The third-order valence-electron chi connectivity index (χ3n) is 4.49. The Kier molecular flexibility index (Phi) is 7.34. The first kappa shape index (κ1) is 19.3. The fourth-order valence-corrected chi connectivity index (χ4v) is 3.11. The standard InChI is InChI=1S/C18H22N2O3.C2H6/c1-2-17(21)15-11-18(22)20(13-15)16-5-3-14(4-6-16)12-19-7-9-23-10-8-19;1-2/h2-6,15H,1,7-13H2;1-2H3/t15-;/m0./s1. The number of rotatable bonds is 5. The molecule has 1 aromatic rings. The quantitative estimate of drug-likeness (QED) is 0.771. The molecule has 2 aliphatic heterocycles. The number of benzene rings is 1. The van der Waals surface area contributed by atoms with Crippen molar-refractivity contribution in [2.45, 2.75) is 26.8 Å². The van der Waals surface area contributed by atoms with E-state index in [9.17, 15) is 9.59 Å². The van der Waals surface area contributed by atoms with E-state index in [0.29, 0.717) is 6.54 Å². The van der Waals surface area contributed by atoms with Crippen LogP contribution >= 0.6 is 0 Å². The zero-order valence-electron chi connectivity index (χ0n) is 15.2. The molecule has 25 heavy (non-hydrogen) atoms. The second-order valence-electron chi connectivity index (χ2n) is 6.07. The van der Waals surface area contributed by atoms with Crippen molar-refractivity contribution in [2.24, 2.45) is 5.92 Å². The van der Waals surface area contributed by atoms with Crippen molar-refractivity contribution in [3.63, 3.8) is 0 Å². The lowest BCUT2D eigenvalue weighted by atomic mass is 10.0. The average Bonchev–Trinajstić information content (AvgIpc) is 3.06. The van der Waals surface area contributed by atoms with Crippen LogP contribution in [0.3, 0.4) is 0 Å². The van der Waals surface area contributed by atoms with Gasteiger partial charge in [0, 0.05) is 44.2 Å². The number of hydrogen-bond donors (Lipinski definition) is 0. The smallest absolute Gasteiger partial charge is 0.227 e. The van der Waals surface area contributed by atoms with E-state index in [0.717, 1.165) is 38.5 Å². The Morgan fingerprint density at radius 3 is 2.48 bits per heavy atom. The zero-order valence-corrected chi connectivity index (χ0v) is 15.2. The van der Waals surface area contributed by atoms with E-state index >= 15 is 0 Å². The Hall–Kier alpha value is -1.98. The molecule has 1 aromatic carbocycles. The van der Waals surface area contributed by atoms with Gasteiger partial charge >= 0.3 is 0 Å². The van der Waals surface area contributed by atoms with E-state index in [4.69, 9.17) is 4.74 Å². The van der Waals surface area contributed by atoms with Crippen LogP contribution < -0.4 is 4.90 Å². The summed E-state index contributed by atoms with van der Waals surface area (Å²) in [6.45, 7) is 12.3. The minimum atomic E-state index is -0.256. The molecule has 0 radical (unpaired) electrons. The van der Waals surface area contributed by atoms with Crippen LogP contribution in [0.2, 0.25) is 0 Å². The van der Waals surface area contributed by atoms with Crippen LogP contribution in [0.25, 0.3) is 0 Å². The monoisotopic (exact) mass is 344 g/mol. The average molecular weight is 344 g/mol. The number of hydrogen-bond acceptors (Lipinski definition) is 4. The van der Waals surface area contributed by atoms with Gasteiger partial charge in [-0.05, 0) is 23.8 Å². The van der Waals surface area contributed by atoms with E-state index in [-0.39, 0.29) is 24.0 Å². The van der Waals surface area contributed by atoms with E-state index in [1.54, 1.807) is 4.90 Å². The van der Waals surface area contributed by atoms with Gasteiger partial charge in [0.2, 0.25) is 5.91 Å². The van der Waals surface area contributed by atoms with Crippen LogP contribution in [0.1, 0.15) is 25.8 Å². The van der Waals surface area contributed by atoms with Gasteiger partial charge in [0.1, 0.15) is 0 Å². The molecule has 0 saturated carbocycles. The van der Waals surface area contributed by atoms with Crippen LogP contribution in [0, 0.1) is 5.92 Å². The number of allylic oxidation sites excluding steroid dienone is 1. The van der Waals surface area contributed by atoms with Crippen LogP contribution in [-0.2, 0) is 20.9 Å². The molecule has 2 aliphatic rings. The van der Waals surface area contributed by atoms with Gasteiger partial charge in [0.15, 0.2) is 5.78 Å². The Morgan fingerprint density at radius 2 is 1.88 bits per heavy atom. The maximum Gasteiger partial charge on any atom is 0.227 e. The van der Waals surface area contributed by atoms with Crippen LogP contribution in [0.4, 0.5) is 5.69 Å². The minimum absolute atomic E-state index is 0.00568. The van der Waals surface area contributed by atoms with Crippen molar-refractivity contribution in [1.29, 1.82) is 0 Å². The third kappa shape index (κ3) is 5.00. The number of carbonyl (C=O) groups is 2. The summed E-state index contributed by atoms with van der Waals surface area (Å²) in [5.41, 5.74) is 2.08. The summed E-state index contributed by atoms with van der Waals surface area (Å²) >= 11 is 0. The maximum absolute atomic E-state index is 12.1. The number of carbonyl (C=O) groups excluding carboxylic acids is 2. The number of ketones is 1. The van der Waals surface area contributed by atoms with Gasteiger partial charge in [-0.2, -0.15) is 0 Å². The van der Waals surface area contributed by atoms with Crippen molar-refractivity contribution in [3.8, 4) is 0 Å².